The molecule has 2 amide bonds. The normalized spacial score (nSPS) is 35.7. The standard InChI is InChI=1S/C75H104N2O17/c1-42(2)21-20-22-43(3)51-29-30-52-50-28-27-48-37-49(31-34-71(48,11)53(50)32-35-72(51,52)12)88-36-33-57(80)76-40-58(81)91-62(60(46-23-16-14-17-24-46)77-68(86)94-69(6,7)8)67(85)90-54-39-75(87)65(92-66(84)47-25-18-15-19-26-47)63-73(13,64(83)61(82)59(44(54)4)70(75,9)10)55(79)38-56-74(63,41-89-56)93-45(5)78/h14-19,23-27,42-43,49-56,60-63,65,79,82,87H,20-22,28-41H2,1-13H3,(H,76,80)(H,77,86)/t43-,49+,50?,51-,52?,53?,54+,55+,56-,60+,61-,62-,63+,65+,71+,72-,73-,74+,75-/m1/s1. The Balaban J connectivity index is 0.867. The molecule has 10 rings (SSSR count). The maximum atomic E-state index is 15.4. The van der Waals surface area contributed by atoms with Crippen LogP contribution in [-0.4, -0.2) is 136 Å². The first-order valence-corrected chi connectivity index (χ1v) is 34.6. The lowest BCUT2D eigenvalue weighted by Gasteiger charge is -2.67. The Morgan fingerprint density at radius 1 is 0.851 bits per heavy atom. The number of allylic oxidation sites excluding steroid dienone is 1. The van der Waals surface area contributed by atoms with Crippen molar-refractivity contribution in [1.29, 1.82) is 0 Å². The van der Waals surface area contributed by atoms with Crippen molar-refractivity contribution >= 4 is 41.7 Å². The van der Waals surface area contributed by atoms with Crippen LogP contribution < -0.4 is 10.6 Å². The van der Waals surface area contributed by atoms with E-state index in [2.05, 4.69) is 51.3 Å². The Bertz CT molecular complexity index is 3230. The Hall–Kier alpha value is -5.99. The van der Waals surface area contributed by atoms with Gasteiger partial charge in [0.05, 0.1) is 42.3 Å². The summed E-state index contributed by atoms with van der Waals surface area (Å²) in [6, 6.07) is 14.4. The predicted octanol–water partition coefficient (Wildman–Crippen LogP) is 10.7. The molecule has 19 heteroatoms. The molecule has 0 aromatic heterocycles. The van der Waals surface area contributed by atoms with Crippen molar-refractivity contribution in [3.63, 3.8) is 0 Å². The molecule has 1 saturated heterocycles. The molecular weight excluding hydrogens is 1200 g/mol. The summed E-state index contributed by atoms with van der Waals surface area (Å²) in [6.07, 6.45) is 3.29. The highest BCUT2D eigenvalue weighted by molar-refractivity contribution is 5.94. The van der Waals surface area contributed by atoms with Crippen molar-refractivity contribution in [1.82, 2.24) is 10.6 Å². The average molecular weight is 1310 g/mol. The molecule has 3 unspecified atom stereocenters. The number of ketones is 1. The molecule has 5 N–H and O–H groups in total. The van der Waals surface area contributed by atoms with Crippen LogP contribution in [-0.2, 0) is 57.1 Å². The fourth-order valence-corrected chi connectivity index (χ4v) is 19.2. The van der Waals surface area contributed by atoms with Crippen LogP contribution in [0.3, 0.4) is 0 Å². The molecule has 2 aromatic carbocycles. The number of aliphatic hydroxyl groups excluding tert-OH is 2. The average Bonchev–Trinajstić information content (AvgIpc) is 0.754. The molecule has 7 aliphatic carbocycles. The van der Waals surface area contributed by atoms with Crippen molar-refractivity contribution in [3.05, 3.63) is 94.6 Å². The summed E-state index contributed by atoms with van der Waals surface area (Å²) < 4.78 is 43.0. The van der Waals surface area contributed by atoms with Gasteiger partial charge in [0.15, 0.2) is 11.4 Å². The molecule has 516 valence electrons. The van der Waals surface area contributed by atoms with E-state index in [1.165, 1.54) is 90.3 Å². The summed E-state index contributed by atoms with van der Waals surface area (Å²) in [5.74, 6) is -2.79. The van der Waals surface area contributed by atoms with E-state index in [1.807, 2.05) is 0 Å². The van der Waals surface area contributed by atoms with Crippen LogP contribution in [0.2, 0.25) is 0 Å². The quantitative estimate of drug-likeness (QED) is 0.0468. The highest BCUT2D eigenvalue weighted by Crippen LogP contribution is 2.68. The van der Waals surface area contributed by atoms with Crippen LogP contribution in [0.5, 0.6) is 0 Å². The molecule has 6 fully saturated rings. The van der Waals surface area contributed by atoms with Gasteiger partial charge in [0.1, 0.15) is 48.2 Å². The number of rotatable bonds is 20. The highest BCUT2D eigenvalue weighted by Gasteiger charge is 2.78. The highest BCUT2D eigenvalue weighted by atomic mass is 16.6. The first-order valence-electron chi connectivity index (χ1n) is 34.6. The number of carbonyl (C=O) groups is 7. The van der Waals surface area contributed by atoms with Crippen molar-refractivity contribution in [3.8, 4) is 0 Å². The number of Topliss-reactive ketones (excluding diaryl/α,β-unsaturated/α-hetero) is 1. The van der Waals surface area contributed by atoms with E-state index in [0.717, 1.165) is 56.3 Å². The van der Waals surface area contributed by atoms with Crippen LogP contribution in [0.1, 0.15) is 202 Å². The molecule has 2 aromatic rings. The minimum Gasteiger partial charge on any atom is -0.455 e. The van der Waals surface area contributed by atoms with Gasteiger partial charge in [-0.05, 0) is 161 Å². The fourth-order valence-electron chi connectivity index (χ4n) is 19.2. The zero-order valence-electron chi connectivity index (χ0n) is 57.6. The molecule has 0 spiro atoms. The molecule has 8 aliphatic rings. The van der Waals surface area contributed by atoms with E-state index in [0.29, 0.717) is 17.3 Å². The van der Waals surface area contributed by atoms with Gasteiger partial charge in [0.2, 0.25) is 12.0 Å². The maximum Gasteiger partial charge on any atom is 0.408 e. The van der Waals surface area contributed by atoms with Gasteiger partial charge >= 0.3 is 30.0 Å². The number of nitrogens with one attached hydrogen (secondary N) is 2. The second-order valence-corrected chi connectivity index (χ2v) is 31.6. The lowest BCUT2D eigenvalue weighted by molar-refractivity contribution is -0.346. The smallest absolute Gasteiger partial charge is 0.408 e. The van der Waals surface area contributed by atoms with Crippen LogP contribution in [0.4, 0.5) is 4.79 Å². The zero-order chi connectivity index (χ0) is 68.3. The van der Waals surface area contributed by atoms with Gasteiger partial charge in [-0.3, -0.25) is 19.2 Å². The van der Waals surface area contributed by atoms with Crippen LogP contribution >= 0.6 is 0 Å². The van der Waals surface area contributed by atoms with Gasteiger partial charge in [0.25, 0.3) is 0 Å². The molecule has 19 atom stereocenters. The molecule has 1 heterocycles. The summed E-state index contributed by atoms with van der Waals surface area (Å²) in [6.45, 7) is 23.4. The Morgan fingerprint density at radius 3 is 2.19 bits per heavy atom. The number of aliphatic hydroxyl groups is 3. The van der Waals surface area contributed by atoms with E-state index in [4.69, 9.17) is 33.2 Å². The Labute approximate surface area is 554 Å². The summed E-state index contributed by atoms with van der Waals surface area (Å²) >= 11 is 0. The van der Waals surface area contributed by atoms with Gasteiger partial charge in [0, 0.05) is 31.6 Å². The summed E-state index contributed by atoms with van der Waals surface area (Å²) in [5, 5.41) is 44.0. The van der Waals surface area contributed by atoms with E-state index in [1.54, 1.807) is 69.3 Å². The largest absolute Gasteiger partial charge is 0.455 e. The van der Waals surface area contributed by atoms with Gasteiger partial charge in [-0.15, -0.1) is 0 Å². The summed E-state index contributed by atoms with van der Waals surface area (Å²) in [7, 11) is 0. The first-order chi connectivity index (χ1) is 44.2. The molecule has 1 aliphatic heterocycles. The van der Waals surface area contributed by atoms with Crippen molar-refractivity contribution < 1.29 is 82.0 Å². The third kappa shape index (κ3) is 13.2. The molecular formula is C75H104N2O17. The molecule has 2 bridgehead atoms. The minimum absolute atomic E-state index is 0.0465. The first kappa shape index (κ1) is 70.8. The number of fused-ring (bicyclic) bond motifs is 10. The number of amides is 2. The number of ether oxygens (including phenoxy) is 7. The number of alkyl carbamates (subject to hydrolysis) is 1. The van der Waals surface area contributed by atoms with E-state index in [9.17, 15) is 39.3 Å². The Morgan fingerprint density at radius 2 is 1.54 bits per heavy atom. The topological polar surface area (TPSA) is 269 Å². The SMILES string of the molecule is CC(=O)O[C@@]12CO[C@@H]1C[C@H](O)[C@@]1(C)C(=O)[C@H](O)C3=C(C)[C@@H](OC(=O)[C@H](OC(=O)CNC(=O)CCO[C@H]4CC[C@@]5(C)C(=CCC6C5CC[C@@]5(C)C6CC[C@@H]5[C@H](C)CCCC(C)C)C4)[C@@H](NC(=O)OC(C)(C)C)c4ccccc4)C[C@@](O)([C@@H](OC(=O)c4ccccc4)[C@H]21)C3(C)C. The van der Waals surface area contributed by atoms with Crippen LogP contribution in [0, 0.1) is 63.1 Å². The molecule has 5 saturated carbocycles. The minimum atomic E-state index is -2.47. The van der Waals surface area contributed by atoms with E-state index in [-0.39, 0.29) is 59.8 Å². The summed E-state index contributed by atoms with van der Waals surface area (Å²) in [4.78, 5) is 100. The van der Waals surface area contributed by atoms with Crippen molar-refractivity contribution in [2.24, 2.45) is 63.1 Å². The zero-order valence-corrected chi connectivity index (χ0v) is 57.6. The summed E-state index contributed by atoms with van der Waals surface area (Å²) in [5.41, 5.74) is -6.85. The van der Waals surface area contributed by atoms with Gasteiger partial charge < -0.3 is 59.1 Å². The lowest BCUT2D eigenvalue weighted by atomic mass is 9.44. The number of benzene rings is 2. The second kappa shape index (κ2) is 27.1. The fraction of sp³-hybridized carbons (Fsp3) is 0.693. The van der Waals surface area contributed by atoms with Gasteiger partial charge in [-0.25, -0.2) is 14.4 Å². The molecule has 94 heavy (non-hydrogen) atoms. The lowest BCUT2D eigenvalue weighted by Crippen LogP contribution is -2.81. The number of hydrogen-bond donors (Lipinski definition) is 5. The Kier molecular flexibility index (Phi) is 20.4. The molecule has 19 nitrogen and oxygen atoms in total. The number of carbonyl (C=O) groups excluding carboxylic acids is 7. The van der Waals surface area contributed by atoms with Crippen LogP contribution in [0.25, 0.3) is 0 Å². The van der Waals surface area contributed by atoms with E-state index >= 15 is 9.59 Å². The van der Waals surface area contributed by atoms with Gasteiger partial charge in [-0.1, -0.05) is 128 Å². The van der Waals surface area contributed by atoms with Crippen molar-refractivity contribution in [2.45, 2.75) is 245 Å². The van der Waals surface area contributed by atoms with Crippen LogP contribution in [0.15, 0.2) is 83.5 Å². The maximum absolute atomic E-state index is 15.4. The van der Waals surface area contributed by atoms with Gasteiger partial charge in [-0.2, -0.15) is 0 Å². The third-order valence-electron chi connectivity index (χ3n) is 24.2. The second-order valence-electron chi connectivity index (χ2n) is 31.6. The van der Waals surface area contributed by atoms with E-state index < -0.39 is 131 Å². The predicted molar refractivity (Wildman–Crippen MR) is 348 cm³/mol. The number of hydrogen-bond acceptors (Lipinski definition) is 17. The molecule has 0 radical (unpaired) electrons. The van der Waals surface area contributed by atoms with Crippen molar-refractivity contribution in [2.75, 3.05) is 19.8 Å². The third-order valence-corrected chi connectivity index (χ3v) is 24.2. The monoisotopic (exact) mass is 1300 g/mol. The number of esters is 4.